The lowest BCUT2D eigenvalue weighted by atomic mass is 10.0. The van der Waals surface area contributed by atoms with Gasteiger partial charge in [0.25, 0.3) is 11.8 Å². The van der Waals surface area contributed by atoms with Crippen molar-refractivity contribution in [2.75, 3.05) is 37.7 Å². The second kappa shape index (κ2) is 10.2. The van der Waals surface area contributed by atoms with Crippen molar-refractivity contribution in [1.82, 2.24) is 10.2 Å². The summed E-state index contributed by atoms with van der Waals surface area (Å²) in [7, 11) is 0. The highest BCUT2D eigenvalue weighted by atomic mass is 19.1. The van der Waals surface area contributed by atoms with Crippen LogP contribution in [0.2, 0.25) is 0 Å². The fourth-order valence-electron chi connectivity index (χ4n) is 4.05. The minimum atomic E-state index is -0.842. The van der Waals surface area contributed by atoms with Crippen molar-refractivity contribution in [2.45, 2.75) is 32.1 Å². The van der Waals surface area contributed by atoms with Crippen LogP contribution >= 0.6 is 0 Å². The van der Waals surface area contributed by atoms with Gasteiger partial charge in [-0.05, 0) is 43.7 Å². The molecule has 0 saturated carbocycles. The first-order chi connectivity index (χ1) is 16.4. The number of piperazine rings is 1. The zero-order valence-corrected chi connectivity index (χ0v) is 19.2. The number of nitrogens with one attached hydrogen (secondary N) is 1. The number of halogens is 1. The van der Waals surface area contributed by atoms with Crippen molar-refractivity contribution in [3.8, 4) is 0 Å². The Morgan fingerprint density at radius 2 is 1.74 bits per heavy atom. The van der Waals surface area contributed by atoms with E-state index in [4.69, 9.17) is 9.47 Å². The third kappa shape index (κ3) is 5.20. The van der Waals surface area contributed by atoms with E-state index >= 15 is 0 Å². The smallest absolute Gasteiger partial charge is 0.338 e. The summed E-state index contributed by atoms with van der Waals surface area (Å²) in [4.78, 5) is 40.6. The van der Waals surface area contributed by atoms with Gasteiger partial charge in [0.2, 0.25) is 0 Å². The Morgan fingerprint density at radius 1 is 1.06 bits per heavy atom. The van der Waals surface area contributed by atoms with Crippen LogP contribution in [-0.2, 0) is 19.1 Å². The number of esters is 1. The fraction of sp³-hybridized carbons (Fsp3) is 0.400. The molecule has 0 aliphatic carbocycles. The van der Waals surface area contributed by atoms with E-state index in [1.54, 1.807) is 54.3 Å². The van der Waals surface area contributed by atoms with Gasteiger partial charge in [0.1, 0.15) is 5.82 Å². The van der Waals surface area contributed by atoms with E-state index in [1.807, 2.05) is 11.8 Å². The van der Waals surface area contributed by atoms with Gasteiger partial charge >= 0.3 is 5.97 Å². The van der Waals surface area contributed by atoms with Crippen molar-refractivity contribution in [2.24, 2.45) is 0 Å². The van der Waals surface area contributed by atoms with E-state index in [1.165, 1.54) is 6.07 Å². The molecule has 2 aromatic rings. The van der Waals surface area contributed by atoms with Crippen LogP contribution in [0.3, 0.4) is 0 Å². The number of carbonyl (C=O) groups excluding carboxylic acids is 3. The molecule has 2 heterocycles. The highest BCUT2D eigenvalue weighted by molar-refractivity contribution is 5.94. The van der Waals surface area contributed by atoms with Gasteiger partial charge in [-0.1, -0.05) is 24.3 Å². The molecule has 2 aliphatic heterocycles. The van der Waals surface area contributed by atoms with Gasteiger partial charge in [-0.3, -0.25) is 9.59 Å². The second-order valence-electron chi connectivity index (χ2n) is 8.31. The highest BCUT2D eigenvalue weighted by Gasteiger charge is 2.51. The van der Waals surface area contributed by atoms with E-state index in [-0.39, 0.29) is 30.3 Å². The number of carbonyl (C=O) groups is 3. The maximum absolute atomic E-state index is 14.0. The van der Waals surface area contributed by atoms with Crippen LogP contribution < -0.4 is 10.2 Å². The van der Waals surface area contributed by atoms with Crippen molar-refractivity contribution in [1.29, 1.82) is 0 Å². The molecule has 8 nitrogen and oxygen atoms in total. The summed E-state index contributed by atoms with van der Waals surface area (Å²) in [5.74, 6) is -1.25. The second-order valence-corrected chi connectivity index (χ2v) is 8.31. The normalized spacial score (nSPS) is 20.4. The third-order valence-corrected chi connectivity index (χ3v) is 6.05. The molecule has 4 rings (SSSR count). The molecular weight excluding hydrogens is 441 g/mol. The Kier molecular flexibility index (Phi) is 7.12. The van der Waals surface area contributed by atoms with E-state index in [0.717, 1.165) is 5.56 Å². The molecule has 1 N–H and O–H groups in total. The van der Waals surface area contributed by atoms with E-state index in [9.17, 15) is 18.8 Å². The number of hydrogen-bond donors (Lipinski definition) is 1. The number of anilines is 1. The van der Waals surface area contributed by atoms with Gasteiger partial charge in [0, 0.05) is 31.7 Å². The summed E-state index contributed by atoms with van der Waals surface area (Å²) in [5.41, 5.74) is 1.93. The molecule has 2 saturated heterocycles. The molecule has 0 radical (unpaired) electrons. The van der Waals surface area contributed by atoms with Crippen LogP contribution in [0.25, 0.3) is 0 Å². The Hall–Kier alpha value is -3.46. The van der Waals surface area contributed by atoms with Gasteiger partial charge in [-0.15, -0.1) is 0 Å². The molecule has 2 aromatic carbocycles. The van der Waals surface area contributed by atoms with Crippen LogP contribution in [0.15, 0.2) is 48.5 Å². The molecule has 0 bridgehead atoms. The molecule has 3 atom stereocenters. The summed E-state index contributed by atoms with van der Waals surface area (Å²) < 4.78 is 24.0. The van der Waals surface area contributed by atoms with E-state index in [2.05, 4.69) is 5.32 Å². The lowest BCUT2D eigenvalue weighted by Gasteiger charge is -2.36. The molecule has 0 spiro atoms. The molecular formula is C25H28FN3O5. The third-order valence-electron chi connectivity index (χ3n) is 6.05. The number of rotatable bonds is 7. The predicted molar refractivity (Wildman–Crippen MR) is 123 cm³/mol. The Balaban J connectivity index is 1.29. The van der Waals surface area contributed by atoms with E-state index < -0.39 is 18.2 Å². The number of nitrogens with zero attached hydrogens (tertiary/aromatic N) is 2. The van der Waals surface area contributed by atoms with Gasteiger partial charge in [-0.2, -0.15) is 0 Å². The number of hydrogen-bond acceptors (Lipinski definition) is 6. The number of amides is 2. The fourth-order valence-corrected chi connectivity index (χ4v) is 4.05. The minimum Gasteiger partial charge on any atom is -0.464 e. The first-order valence-corrected chi connectivity index (χ1v) is 11.4. The first kappa shape index (κ1) is 23.7. The molecule has 0 aromatic heterocycles. The average Bonchev–Trinajstić information content (AvgIpc) is 3.66. The quantitative estimate of drug-likeness (QED) is 0.494. The summed E-state index contributed by atoms with van der Waals surface area (Å²) in [5, 5.41) is 2.82. The zero-order chi connectivity index (χ0) is 24.2. The summed E-state index contributed by atoms with van der Waals surface area (Å²) in [6.07, 6.45) is -1.67. The largest absolute Gasteiger partial charge is 0.464 e. The Morgan fingerprint density at radius 3 is 2.38 bits per heavy atom. The molecule has 2 amide bonds. The van der Waals surface area contributed by atoms with Crippen LogP contribution in [0, 0.1) is 5.82 Å². The summed E-state index contributed by atoms with van der Waals surface area (Å²) >= 11 is 0. The highest BCUT2D eigenvalue weighted by Crippen LogP contribution is 2.25. The minimum absolute atomic E-state index is 0.0833. The van der Waals surface area contributed by atoms with E-state index in [0.29, 0.717) is 37.4 Å². The van der Waals surface area contributed by atoms with Crippen LogP contribution in [0.4, 0.5) is 10.1 Å². The van der Waals surface area contributed by atoms with Gasteiger partial charge < -0.3 is 24.6 Å². The number of epoxide rings is 1. The van der Waals surface area contributed by atoms with Crippen LogP contribution in [0.5, 0.6) is 0 Å². The Labute approximate surface area is 197 Å². The van der Waals surface area contributed by atoms with Crippen LogP contribution in [0.1, 0.15) is 35.8 Å². The van der Waals surface area contributed by atoms with Crippen molar-refractivity contribution >= 4 is 23.5 Å². The lowest BCUT2D eigenvalue weighted by Crippen LogP contribution is -2.49. The predicted octanol–water partition coefficient (Wildman–Crippen LogP) is 2.30. The van der Waals surface area contributed by atoms with Gasteiger partial charge in [-0.25, -0.2) is 9.18 Å². The Bertz CT molecular complexity index is 1050. The molecule has 2 fully saturated rings. The lowest BCUT2D eigenvalue weighted by molar-refractivity contribution is -0.144. The van der Waals surface area contributed by atoms with Crippen LogP contribution in [-0.4, -0.2) is 67.7 Å². The summed E-state index contributed by atoms with van der Waals surface area (Å²) in [6.45, 7) is 5.87. The molecule has 34 heavy (non-hydrogen) atoms. The van der Waals surface area contributed by atoms with Crippen molar-refractivity contribution in [3.05, 3.63) is 65.5 Å². The zero-order valence-electron chi connectivity index (χ0n) is 19.2. The average molecular weight is 470 g/mol. The first-order valence-electron chi connectivity index (χ1n) is 11.4. The van der Waals surface area contributed by atoms with Crippen molar-refractivity contribution in [3.63, 3.8) is 0 Å². The molecule has 180 valence electrons. The van der Waals surface area contributed by atoms with Gasteiger partial charge in [0.05, 0.1) is 18.3 Å². The topological polar surface area (TPSA) is 91.5 Å². The standard InChI is InChI=1S/C25H28FN3O5/c1-3-33-25(32)22-21(34-22)23(30)27-16(2)17-8-10-18(11-9-17)24(31)29-14-12-28(13-15-29)20-7-5-4-6-19(20)26/h4-11,16,21-22H,3,12-15H2,1-2H3,(H,27,30)/t16-,21-,22-/m0/s1. The maximum Gasteiger partial charge on any atom is 0.338 e. The number of ether oxygens (including phenoxy) is 2. The number of benzene rings is 2. The van der Waals surface area contributed by atoms with Gasteiger partial charge in [0.15, 0.2) is 12.2 Å². The molecule has 9 heteroatoms. The monoisotopic (exact) mass is 469 g/mol. The molecule has 0 unspecified atom stereocenters. The van der Waals surface area contributed by atoms with Crippen molar-refractivity contribution < 1.29 is 28.2 Å². The maximum atomic E-state index is 14.0. The summed E-state index contributed by atoms with van der Waals surface area (Å²) in [6, 6.07) is 13.4. The SMILES string of the molecule is CCOC(=O)[C@H]1O[C@@H]1C(=O)N[C@@H](C)c1ccc(C(=O)N2CCN(c3ccccc3F)CC2)cc1. The number of para-hydroxylation sites is 1. The molecule has 2 aliphatic rings.